The quantitative estimate of drug-likeness (QED) is 0.433. The number of nitrogens with one attached hydrogen (secondary N) is 2. The molecule has 2 aromatic carbocycles. The molecule has 0 radical (unpaired) electrons. The lowest BCUT2D eigenvalue weighted by molar-refractivity contribution is -0.384. The fraction of sp³-hybridized carbons (Fsp3) is 0.190. The monoisotopic (exact) mass is 395 g/mol. The highest BCUT2D eigenvalue weighted by Crippen LogP contribution is 2.26. The Labute approximate surface area is 167 Å². The zero-order valence-electron chi connectivity index (χ0n) is 15.4. The van der Waals surface area contributed by atoms with E-state index in [0.717, 1.165) is 16.9 Å². The van der Waals surface area contributed by atoms with Gasteiger partial charge >= 0.3 is 0 Å². The van der Waals surface area contributed by atoms with Gasteiger partial charge in [0.05, 0.1) is 17.5 Å². The van der Waals surface area contributed by atoms with Crippen molar-refractivity contribution in [3.8, 4) is 0 Å². The number of carbonyl (C=O) groups excluding carboxylic acids is 1. The van der Waals surface area contributed by atoms with Gasteiger partial charge in [0.2, 0.25) is 5.91 Å². The Kier molecular flexibility index (Phi) is 6.52. The molecule has 0 saturated heterocycles. The van der Waals surface area contributed by atoms with Crippen LogP contribution in [0.1, 0.15) is 29.0 Å². The molecule has 1 heterocycles. The number of aryl methyl sites for hydroxylation is 1. The zero-order chi connectivity index (χ0) is 19.9. The predicted octanol–water partition coefficient (Wildman–Crippen LogP) is 4.54. The predicted molar refractivity (Wildman–Crippen MR) is 112 cm³/mol. The fourth-order valence-corrected chi connectivity index (χ4v) is 3.71. The van der Waals surface area contributed by atoms with Crippen LogP contribution in [0.2, 0.25) is 0 Å². The molecule has 0 aliphatic rings. The highest BCUT2D eigenvalue weighted by atomic mass is 32.1. The maximum Gasteiger partial charge on any atom is 0.271 e. The molecule has 144 valence electrons. The molecule has 1 aromatic heterocycles. The third kappa shape index (κ3) is 5.03. The Morgan fingerprint density at radius 3 is 2.57 bits per heavy atom. The summed E-state index contributed by atoms with van der Waals surface area (Å²) >= 11 is 1.63. The molecule has 0 aliphatic heterocycles. The number of amides is 1. The second kappa shape index (κ2) is 9.25. The molecule has 3 aromatic rings. The number of anilines is 1. The Balaban J connectivity index is 1.68. The number of non-ortho nitro benzene ring substituents is 1. The number of nitrogens with zero attached hydrogens (tertiary/aromatic N) is 1. The minimum atomic E-state index is -0.485. The van der Waals surface area contributed by atoms with Crippen LogP contribution in [0.4, 0.5) is 11.4 Å². The van der Waals surface area contributed by atoms with Crippen molar-refractivity contribution < 1.29 is 9.72 Å². The molecule has 3 rings (SSSR count). The molecule has 1 atom stereocenters. The number of nitro benzene ring substituents is 1. The lowest BCUT2D eigenvalue weighted by Crippen LogP contribution is -2.31. The van der Waals surface area contributed by atoms with Crippen LogP contribution in [0.25, 0.3) is 0 Å². The van der Waals surface area contributed by atoms with Gasteiger partial charge in [0.15, 0.2) is 0 Å². The van der Waals surface area contributed by atoms with Gasteiger partial charge in [0.25, 0.3) is 5.69 Å². The van der Waals surface area contributed by atoms with Gasteiger partial charge < -0.3 is 5.32 Å². The highest BCUT2D eigenvalue weighted by molar-refractivity contribution is 7.10. The number of carbonyl (C=O) groups is 1. The molecule has 2 N–H and O–H groups in total. The van der Waals surface area contributed by atoms with E-state index in [-0.39, 0.29) is 24.2 Å². The van der Waals surface area contributed by atoms with Crippen molar-refractivity contribution in [2.75, 3.05) is 11.9 Å². The van der Waals surface area contributed by atoms with E-state index in [1.165, 1.54) is 17.7 Å². The SMILES string of the molecule is CCc1ccc([C@@H](NCC(=O)Nc2cccc([N+](=O)[O-])c2)c2cccs2)cc1. The first-order chi connectivity index (χ1) is 13.6. The Morgan fingerprint density at radius 2 is 1.93 bits per heavy atom. The highest BCUT2D eigenvalue weighted by Gasteiger charge is 2.16. The molecule has 0 unspecified atom stereocenters. The van der Waals surface area contributed by atoms with Crippen molar-refractivity contribution in [3.63, 3.8) is 0 Å². The Hall–Kier alpha value is -3.03. The molecule has 0 fully saturated rings. The third-order valence-electron chi connectivity index (χ3n) is 4.36. The van der Waals surface area contributed by atoms with E-state index in [0.29, 0.717) is 5.69 Å². The molecule has 6 nitrogen and oxygen atoms in total. The number of hydrogen-bond acceptors (Lipinski definition) is 5. The molecule has 1 amide bonds. The summed E-state index contributed by atoms with van der Waals surface area (Å²) in [5.74, 6) is -0.257. The third-order valence-corrected chi connectivity index (χ3v) is 5.29. The van der Waals surface area contributed by atoms with Crippen LogP contribution in [0.3, 0.4) is 0 Å². The normalized spacial score (nSPS) is 11.8. The maximum atomic E-state index is 12.4. The van der Waals surface area contributed by atoms with E-state index in [1.807, 2.05) is 17.5 Å². The second-order valence-electron chi connectivity index (χ2n) is 6.28. The molecular weight excluding hydrogens is 374 g/mol. The number of nitro groups is 1. The van der Waals surface area contributed by atoms with Crippen LogP contribution in [0.5, 0.6) is 0 Å². The van der Waals surface area contributed by atoms with Crippen LogP contribution in [0, 0.1) is 10.1 Å². The minimum Gasteiger partial charge on any atom is -0.325 e. The minimum absolute atomic E-state index is 0.0572. The number of hydrogen-bond donors (Lipinski definition) is 2. The number of rotatable bonds is 8. The molecule has 0 saturated carbocycles. The van der Waals surface area contributed by atoms with Gasteiger partial charge in [0.1, 0.15) is 0 Å². The molecule has 0 spiro atoms. The van der Waals surface area contributed by atoms with E-state index in [1.54, 1.807) is 23.5 Å². The summed E-state index contributed by atoms with van der Waals surface area (Å²) < 4.78 is 0. The van der Waals surface area contributed by atoms with Crippen molar-refractivity contribution >= 4 is 28.6 Å². The summed E-state index contributed by atoms with van der Waals surface area (Å²) in [6.07, 6.45) is 0.975. The number of benzene rings is 2. The van der Waals surface area contributed by atoms with Crippen molar-refractivity contribution in [2.24, 2.45) is 0 Å². The summed E-state index contributed by atoms with van der Waals surface area (Å²) in [5, 5.41) is 18.9. The van der Waals surface area contributed by atoms with E-state index in [9.17, 15) is 14.9 Å². The molecular formula is C21H21N3O3S. The zero-order valence-corrected chi connectivity index (χ0v) is 16.2. The average molecular weight is 395 g/mol. The van der Waals surface area contributed by atoms with Gasteiger partial charge in [-0.1, -0.05) is 43.3 Å². The summed E-state index contributed by atoms with van der Waals surface area (Å²) in [6.45, 7) is 2.20. The van der Waals surface area contributed by atoms with Crippen molar-refractivity contribution in [1.29, 1.82) is 0 Å². The van der Waals surface area contributed by atoms with E-state index in [4.69, 9.17) is 0 Å². The largest absolute Gasteiger partial charge is 0.325 e. The van der Waals surface area contributed by atoms with Gasteiger partial charge in [0, 0.05) is 22.7 Å². The Morgan fingerprint density at radius 1 is 1.14 bits per heavy atom. The molecule has 0 aliphatic carbocycles. The molecule has 7 heteroatoms. The van der Waals surface area contributed by atoms with Gasteiger partial charge in [-0.05, 0) is 35.1 Å². The Bertz CT molecular complexity index is 940. The summed E-state index contributed by atoms with van der Waals surface area (Å²) in [5.41, 5.74) is 2.69. The first kappa shape index (κ1) is 19.7. The number of thiophene rings is 1. The lowest BCUT2D eigenvalue weighted by Gasteiger charge is -2.18. The van der Waals surface area contributed by atoms with Crippen LogP contribution < -0.4 is 10.6 Å². The molecule has 0 bridgehead atoms. The maximum absolute atomic E-state index is 12.4. The van der Waals surface area contributed by atoms with Crippen LogP contribution >= 0.6 is 11.3 Å². The summed E-state index contributed by atoms with van der Waals surface area (Å²) in [7, 11) is 0. The van der Waals surface area contributed by atoms with E-state index < -0.39 is 4.92 Å². The van der Waals surface area contributed by atoms with Crippen LogP contribution in [-0.4, -0.2) is 17.4 Å². The first-order valence-electron chi connectivity index (χ1n) is 8.96. The second-order valence-corrected chi connectivity index (χ2v) is 7.26. The van der Waals surface area contributed by atoms with Gasteiger partial charge in [-0.15, -0.1) is 11.3 Å². The lowest BCUT2D eigenvalue weighted by atomic mass is 10.0. The van der Waals surface area contributed by atoms with Crippen LogP contribution in [0.15, 0.2) is 66.0 Å². The van der Waals surface area contributed by atoms with Gasteiger partial charge in [-0.2, -0.15) is 0 Å². The summed E-state index contributed by atoms with van der Waals surface area (Å²) in [4.78, 5) is 23.9. The molecule has 28 heavy (non-hydrogen) atoms. The first-order valence-corrected chi connectivity index (χ1v) is 9.84. The van der Waals surface area contributed by atoms with Crippen LogP contribution in [-0.2, 0) is 11.2 Å². The van der Waals surface area contributed by atoms with E-state index in [2.05, 4.69) is 41.8 Å². The standard InChI is InChI=1S/C21H21N3O3S/c1-2-15-8-10-16(11-9-15)21(19-7-4-12-28-19)22-14-20(25)23-17-5-3-6-18(13-17)24(26)27/h3-13,21-22H,2,14H2,1H3,(H,23,25)/t21-/m1/s1. The topological polar surface area (TPSA) is 84.3 Å². The van der Waals surface area contributed by atoms with Crippen molar-refractivity contribution in [3.05, 3.63) is 92.2 Å². The fourth-order valence-electron chi connectivity index (χ4n) is 2.88. The van der Waals surface area contributed by atoms with Gasteiger partial charge in [-0.25, -0.2) is 0 Å². The summed E-state index contributed by atoms with van der Waals surface area (Å²) in [6, 6.07) is 18.2. The van der Waals surface area contributed by atoms with Crippen molar-refractivity contribution in [2.45, 2.75) is 19.4 Å². The smallest absolute Gasteiger partial charge is 0.271 e. The van der Waals surface area contributed by atoms with E-state index >= 15 is 0 Å². The average Bonchev–Trinajstić information content (AvgIpc) is 3.23. The van der Waals surface area contributed by atoms with Gasteiger partial charge in [-0.3, -0.25) is 20.2 Å². The van der Waals surface area contributed by atoms with Crippen molar-refractivity contribution in [1.82, 2.24) is 5.32 Å².